The average Bonchev–Trinajstić information content (AvgIpc) is 2.59. The average molecular weight is 205 g/mol. The molecular weight excluding hydrogens is 190 g/mol. The van der Waals surface area contributed by atoms with E-state index >= 15 is 0 Å². The summed E-state index contributed by atoms with van der Waals surface area (Å²) in [6.45, 7) is 4.57. The zero-order valence-corrected chi connectivity index (χ0v) is 8.95. The summed E-state index contributed by atoms with van der Waals surface area (Å²) in [6, 6.07) is 6.63. The summed E-state index contributed by atoms with van der Waals surface area (Å²) in [4.78, 5) is 4.33. The first kappa shape index (κ1) is 9.98. The molecule has 4 nitrogen and oxygen atoms in total. The number of oxazole rings is 1. The lowest BCUT2D eigenvalue weighted by Gasteiger charge is -2.07. The van der Waals surface area contributed by atoms with Crippen molar-refractivity contribution in [3.05, 3.63) is 23.8 Å². The van der Waals surface area contributed by atoms with Gasteiger partial charge in [-0.05, 0) is 31.5 Å². The van der Waals surface area contributed by atoms with Crippen molar-refractivity contribution < 1.29 is 4.42 Å². The number of fused-ring (bicyclic) bond motifs is 1. The SMILES string of the molecule is Cc1ccc2oc(NC(C)CN)nc2c1. The molecule has 1 unspecified atom stereocenters. The topological polar surface area (TPSA) is 64.1 Å². The number of aryl methyl sites for hydroxylation is 1. The molecule has 0 amide bonds. The fraction of sp³-hybridized carbons (Fsp3) is 0.364. The summed E-state index contributed by atoms with van der Waals surface area (Å²) in [5, 5.41) is 3.10. The van der Waals surface area contributed by atoms with E-state index in [4.69, 9.17) is 10.2 Å². The van der Waals surface area contributed by atoms with Crippen LogP contribution < -0.4 is 11.1 Å². The second-order valence-electron chi connectivity index (χ2n) is 3.77. The lowest BCUT2D eigenvalue weighted by molar-refractivity contribution is 0.600. The third kappa shape index (κ3) is 2.10. The van der Waals surface area contributed by atoms with Crippen molar-refractivity contribution in [3.8, 4) is 0 Å². The van der Waals surface area contributed by atoms with Gasteiger partial charge < -0.3 is 15.5 Å². The minimum Gasteiger partial charge on any atom is -0.424 e. The molecule has 15 heavy (non-hydrogen) atoms. The number of benzene rings is 1. The first-order valence-electron chi connectivity index (χ1n) is 5.03. The Morgan fingerprint density at radius 3 is 3.07 bits per heavy atom. The van der Waals surface area contributed by atoms with Crippen LogP contribution in [0.3, 0.4) is 0 Å². The van der Waals surface area contributed by atoms with Crippen molar-refractivity contribution in [2.75, 3.05) is 11.9 Å². The summed E-state index contributed by atoms with van der Waals surface area (Å²) >= 11 is 0. The standard InChI is InChI=1S/C11H15N3O/c1-7-3-4-10-9(5-7)14-11(15-10)13-8(2)6-12/h3-5,8H,6,12H2,1-2H3,(H,13,14). The Labute approximate surface area is 88.5 Å². The number of nitrogens with two attached hydrogens (primary N) is 1. The molecule has 80 valence electrons. The first-order chi connectivity index (χ1) is 7.19. The van der Waals surface area contributed by atoms with Crippen LogP contribution in [0.1, 0.15) is 12.5 Å². The Hall–Kier alpha value is -1.55. The maximum Gasteiger partial charge on any atom is 0.295 e. The van der Waals surface area contributed by atoms with Gasteiger partial charge in [0.2, 0.25) is 0 Å². The summed E-state index contributed by atoms with van der Waals surface area (Å²) in [5.74, 6) is 0. The lowest BCUT2D eigenvalue weighted by Crippen LogP contribution is -2.25. The molecule has 0 fully saturated rings. The summed E-state index contributed by atoms with van der Waals surface area (Å²) in [7, 11) is 0. The molecule has 2 aromatic rings. The van der Waals surface area contributed by atoms with Gasteiger partial charge in [-0.25, -0.2) is 0 Å². The molecule has 1 aromatic heterocycles. The van der Waals surface area contributed by atoms with Crippen LogP contribution in [0.15, 0.2) is 22.6 Å². The maximum absolute atomic E-state index is 5.52. The zero-order chi connectivity index (χ0) is 10.8. The van der Waals surface area contributed by atoms with Gasteiger partial charge in [-0.2, -0.15) is 4.98 Å². The predicted molar refractivity (Wildman–Crippen MR) is 60.9 cm³/mol. The predicted octanol–water partition coefficient (Wildman–Crippen LogP) is 1.90. The normalized spacial score (nSPS) is 13.0. The van der Waals surface area contributed by atoms with Gasteiger partial charge in [-0.3, -0.25) is 0 Å². The number of rotatable bonds is 3. The van der Waals surface area contributed by atoms with Crippen LogP contribution in [0.5, 0.6) is 0 Å². The molecule has 3 N–H and O–H groups in total. The molecule has 1 aromatic carbocycles. The van der Waals surface area contributed by atoms with E-state index < -0.39 is 0 Å². The van der Waals surface area contributed by atoms with Gasteiger partial charge in [0.25, 0.3) is 6.01 Å². The van der Waals surface area contributed by atoms with Crippen LogP contribution in [-0.2, 0) is 0 Å². The van der Waals surface area contributed by atoms with Gasteiger partial charge in [0, 0.05) is 12.6 Å². The first-order valence-corrected chi connectivity index (χ1v) is 5.03. The van der Waals surface area contributed by atoms with E-state index in [-0.39, 0.29) is 6.04 Å². The Kier molecular flexibility index (Phi) is 2.60. The van der Waals surface area contributed by atoms with Crippen LogP contribution in [0.25, 0.3) is 11.1 Å². The van der Waals surface area contributed by atoms with Gasteiger partial charge in [0.05, 0.1) is 0 Å². The van der Waals surface area contributed by atoms with Crippen molar-refractivity contribution in [2.24, 2.45) is 5.73 Å². The van der Waals surface area contributed by atoms with E-state index in [0.29, 0.717) is 12.6 Å². The number of nitrogens with zero attached hydrogens (tertiary/aromatic N) is 1. The quantitative estimate of drug-likeness (QED) is 0.803. The van der Waals surface area contributed by atoms with Crippen LogP contribution in [0.2, 0.25) is 0 Å². The lowest BCUT2D eigenvalue weighted by atomic mass is 10.2. The van der Waals surface area contributed by atoms with Crippen LogP contribution >= 0.6 is 0 Å². The monoisotopic (exact) mass is 205 g/mol. The second-order valence-corrected chi connectivity index (χ2v) is 3.77. The van der Waals surface area contributed by atoms with Gasteiger partial charge in [-0.15, -0.1) is 0 Å². The molecule has 0 saturated carbocycles. The minimum atomic E-state index is 0.166. The van der Waals surface area contributed by atoms with E-state index in [0.717, 1.165) is 11.1 Å². The Morgan fingerprint density at radius 1 is 1.53 bits per heavy atom. The molecule has 1 heterocycles. The highest BCUT2D eigenvalue weighted by molar-refractivity contribution is 5.75. The van der Waals surface area contributed by atoms with Crippen LogP contribution in [-0.4, -0.2) is 17.6 Å². The van der Waals surface area contributed by atoms with Crippen molar-refractivity contribution in [2.45, 2.75) is 19.9 Å². The summed E-state index contributed by atoms with van der Waals surface area (Å²) in [6.07, 6.45) is 0. The Morgan fingerprint density at radius 2 is 2.33 bits per heavy atom. The molecule has 0 bridgehead atoms. The molecule has 0 spiro atoms. The molecule has 4 heteroatoms. The zero-order valence-electron chi connectivity index (χ0n) is 8.95. The molecule has 2 rings (SSSR count). The summed E-state index contributed by atoms with van der Waals surface area (Å²) in [5.41, 5.74) is 8.36. The van der Waals surface area contributed by atoms with Crippen molar-refractivity contribution in [3.63, 3.8) is 0 Å². The third-order valence-corrected chi connectivity index (χ3v) is 2.27. The van der Waals surface area contributed by atoms with Gasteiger partial charge in [0.15, 0.2) is 5.58 Å². The third-order valence-electron chi connectivity index (χ3n) is 2.27. The molecular formula is C11H15N3O. The molecule has 0 aliphatic carbocycles. The second kappa shape index (κ2) is 3.90. The van der Waals surface area contributed by atoms with E-state index in [1.807, 2.05) is 32.0 Å². The number of anilines is 1. The fourth-order valence-electron chi connectivity index (χ4n) is 1.37. The number of hydrogen-bond acceptors (Lipinski definition) is 4. The van der Waals surface area contributed by atoms with E-state index in [1.54, 1.807) is 0 Å². The Bertz CT molecular complexity index is 464. The largest absolute Gasteiger partial charge is 0.424 e. The number of hydrogen-bond donors (Lipinski definition) is 2. The smallest absolute Gasteiger partial charge is 0.295 e. The highest BCUT2D eigenvalue weighted by Gasteiger charge is 2.07. The number of nitrogens with one attached hydrogen (secondary N) is 1. The van der Waals surface area contributed by atoms with Crippen molar-refractivity contribution >= 4 is 17.1 Å². The minimum absolute atomic E-state index is 0.166. The fourth-order valence-corrected chi connectivity index (χ4v) is 1.37. The molecule has 0 radical (unpaired) electrons. The van der Waals surface area contributed by atoms with E-state index in [1.165, 1.54) is 5.56 Å². The van der Waals surface area contributed by atoms with E-state index in [9.17, 15) is 0 Å². The van der Waals surface area contributed by atoms with Gasteiger partial charge in [0.1, 0.15) is 5.52 Å². The molecule has 0 aliphatic heterocycles. The van der Waals surface area contributed by atoms with Gasteiger partial charge in [-0.1, -0.05) is 6.07 Å². The van der Waals surface area contributed by atoms with Crippen LogP contribution in [0, 0.1) is 6.92 Å². The maximum atomic E-state index is 5.52. The van der Waals surface area contributed by atoms with Crippen LogP contribution in [0.4, 0.5) is 6.01 Å². The Balaban J connectivity index is 2.30. The summed E-state index contributed by atoms with van der Waals surface area (Å²) < 4.78 is 5.52. The highest BCUT2D eigenvalue weighted by Crippen LogP contribution is 2.20. The van der Waals surface area contributed by atoms with E-state index in [2.05, 4.69) is 10.3 Å². The van der Waals surface area contributed by atoms with Crippen molar-refractivity contribution in [1.82, 2.24) is 4.98 Å². The molecule has 0 aliphatic rings. The van der Waals surface area contributed by atoms with Crippen molar-refractivity contribution in [1.29, 1.82) is 0 Å². The molecule has 0 saturated heterocycles. The number of aromatic nitrogens is 1. The highest BCUT2D eigenvalue weighted by atomic mass is 16.4. The molecule has 1 atom stereocenters. The van der Waals surface area contributed by atoms with Gasteiger partial charge >= 0.3 is 0 Å².